The molecule has 0 radical (unpaired) electrons. The zero-order chi connectivity index (χ0) is 37.9. The summed E-state index contributed by atoms with van der Waals surface area (Å²) >= 11 is 1.44. The van der Waals surface area contributed by atoms with Gasteiger partial charge in [-0.2, -0.15) is 15.8 Å². The van der Waals surface area contributed by atoms with Crippen LogP contribution < -0.4 is 14.4 Å². The smallest absolute Gasteiger partial charge is 0.180 e. The first-order chi connectivity index (χ1) is 26.3. The van der Waals surface area contributed by atoms with E-state index in [0.29, 0.717) is 48.3 Å². The van der Waals surface area contributed by atoms with Crippen molar-refractivity contribution in [1.82, 2.24) is 0 Å². The Hall–Kier alpha value is -4.65. The van der Waals surface area contributed by atoms with E-state index >= 15 is 0 Å². The van der Waals surface area contributed by atoms with E-state index in [1.807, 2.05) is 24.3 Å². The van der Waals surface area contributed by atoms with Gasteiger partial charge in [0.05, 0.1) is 29.6 Å². The van der Waals surface area contributed by atoms with E-state index in [-0.39, 0.29) is 42.7 Å². The molecule has 12 nitrogen and oxygen atoms in total. The molecule has 4 aliphatic rings. The van der Waals surface area contributed by atoms with Crippen LogP contribution in [0.1, 0.15) is 67.7 Å². The quantitative estimate of drug-likeness (QED) is 0.200. The topological polar surface area (TPSA) is 159 Å². The molecule has 3 unspecified atom stereocenters. The fourth-order valence-electron chi connectivity index (χ4n) is 6.62. The Bertz CT molecular complexity index is 1830. The third-order valence-electron chi connectivity index (χ3n) is 9.53. The molecule has 6 rings (SSSR count). The normalized spacial score (nSPS) is 22.1. The maximum atomic E-state index is 9.96. The number of fused-ring (bicyclic) bond motifs is 1. The molecular formula is C41H46N4O8S. The lowest BCUT2D eigenvalue weighted by molar-refractivity contribution is -0.162. The number of thiophene rings is 1. The number of hydrogen-bond acceptors (Lipinski definition) is 13. The van der Waals surface area contributed by atoms with Crippen molar-refractivity contribution in [2.24, 2.45) is 0 Å². The Morgan fingerprint density at radius 3 is 2.09 bits per heavy atom. The van der Waals surface area contributed by atoms with Crippen molar-refractivity contribution in [2.45, 2.75) is 76.7 Å². The lowest BCUT2D eigenvalue weighted by Crippen LogP contribution is -2.34. The van der Waals surface area contributed by atoms with E-state index in [1.165, 1.54) is 11.3 Å². The first kappa shape index (κ1) is 39.1. The van der Waals surface area contributed by atoms with E-state index in [1.54, 1.807) is 26.0 Å². The molecule has 0 bridgehead atoms. The molecule has 3 atom stereocenters. The molecule has 0 amide bonds. The number of nitriles is 3. The van der Waals surface area contributed by atoms with Gasteiger partial charge in [-0.15, -0.1) is 11.3 Å². The van der Waals surface area contributed by atoms with Crippen molar-refractivity contribution in [3.8, 4) is 29.7 Å². The third kappa shape index (κ3) is 9.52. The van der Waals surface area contributed by atoms with Crippen molar-refractivity contribution in [3.05, 3.63) is 68.1 Å². The van der Waals surface area contributed by atoms with E-state index in [9.17, 15) is 20.9 Å². The van der Waals surface area contributed by atoms with Crippen LogP contribution in [0.5, 0.6) is 11.5 Å². The summed E-state index contributed by atoms with van der Waals surface area (Å²) in [6.45, 7) is 7.50. The SMILES string of the molecule is CC1(C)OC(=C(C#N)C#N)C(C#N)=C1/C=C/c1sc(/C=C/c2ccc(N(CCOC3CCCCO3)CCOC3CCCCO3)cc2)c2c1OC(CO)CO2. The van der Waals surface area contributed by atoms with Crippen LogP contribution in [-0.4, -0.2) is 82.1 Å². The van der Waals surface area contributed by atoms with Crippen molar-refractivity contribution < 1.29 is 38.3 Å². The van der Waals surface area contributed by atoms with Gasteiger partial charge in [-0.3, -0.25) is 0 Å². The van der Waals surface area contributed by atoms with Crippen molar-refractivity contribution in [2.75, 3.05) is 57.6 Å². The minimum absolute atomic E-state index is 0.0252. The average molecular weight is 755 g/mol. The number of allylic oxidation sites excluding steroid dienone is 2. The molecule has 2 aromatic rings. The van der Waals surface area contributed by atoms with Gasteiger partial charge < -0.3 is 43.2 Å². The zero-order valence-electron chi connectivity index (χ0n) is 30.8. The second-order valence-electron chi connectivity index (χ2n) is 13.7. The minimum atomic E-state index is -0.962. The summed E-state index contributed by atoms with van der Waals surface area (Å²) < 4.78 is 41.8. The van der Waals surface area contributed by atoms with Gasteiger partial charge in [0.15, 0.2) is 41.5 Å². The van der Waals surface area contributed by atoms with Gasteiger partial charge in [-0.25, -0.2) is 0 Å². The second-order valence-corrected chi connectivity index (χ2v) is 14.8. The van der Waals surface area contributed by atoms with Crippen LogP contribution >= 0.6 is 11.3 Å². The van der Waals surface area contributed by atoms with Gasteiger partial charge in [0.1, 0.15) is 36.0 Å². The van der Waals surface area contributed by atoms with Gasteiger partial charge in [0, 0.05) is 37.6 Å². The number of hydrogen-bond donors (Lipinski definition) is 1. The Morgan fingerprint density at radius 2 is 1.52 bits per heavy atom. The maximum Gasteiger partial charge on any atom is 0.180 e. The van der Waals surface area contributed by atoms with E-state index in [0.717, 1.165) is 67.9 Å². The number of rotatable bonds is 14. The molecule has 0 aliphatic carbocycles. The summed E-state index contributed by atoms with van der Waals surface area (Å²) in [7, 11) is 0. The molecule has 13 heteroatoms. The molecule has 284 valence electrons. The Balaban J connectivity index is 1.19. The molecule has 1 aromatic heterocycles. The Kier molecular flexibility index (Phi) is 13.4. The Labute approximate surface area is 320 Å². The van der Waals surface area contributed by atoms with Gasteiger partial charge in [-0.05, 0) is 82.2 Å². The van der Waals surface area contributed by atoms with E-state index < -0.39 is 11.7 Å². The summed E-state index contributed by atoms with van der Waals surface area (Å²) in [6, 6.07) is 14.1. The van der Waals surface area contributed by atoms with Crippen LogP contribution in [0.15, 0.2) is 52.8 Å². The lowest BCUT2D eigenvalue weighted by Gasteiger charge is -2.29. The molecule has 54 heavy (non-hydrogen) atoms. The first-order valence-electron chi connectivity index (χ1n) is 18.5. The van der Waals surface area contributed by atoms with Crippen LogP contribution in [0.3, 0.4) is 0 Å². The highest BCUT2D eigenvalue weighted by atomic mass is 32.1. The summed E-state index contributed by atoms with van der Waals surface area (Å²) in [5.74, 6) is 1.04. The van der Waals surface area contributed by atoms with Crippen LogP contribution in [-0.2, 0) is 23.7 Å². The van der Waals surface area contributed by atoms with Crippen LogP contribution in [0.2, 0.25) is 0 Å². The zero-order valence-corrected chi connectivity index (χ0v) is 31.6. The molecule has 1 aromatic carbocycles. The van der Waals surface area contributed by atoms with Crippen molar-refractivity contribution in [3.63, 3.8) is 0 Å². The second kappa shape index (κ2) is 18.6. The summed E-state index contributed by atoms with van der Waals surface area (Å²) in [5.41, 5.74) is 1.47. The Morgan fingerprint density at radius 1 is 0.889 bits per heavy atom. The standard InChI is InChI=1S/C41H46N4O8S/c1-41(2)33(32(25-44)38(53-41)29(23-42)24-43)14-16-35-40-39(51-27-31(26-46)52-40)34(54-35)15-11-28-9-12-30(13-10-28)45(17-21-49-36-7-3-5-19-47-36)18-22-50-37-8-4-6-20-48-37/h9-16,31,36-37,46H,3-8,17-22,26-27H2,1-2H3/b15-11+,16-14+. The highest BCUT2D eigenvalue weighted by Crippen LogP contribution is 2.48. The molecular weight excluding hydrogens is 709 g/mol. The predicted molar refractivity (Wildman–Crippen MR) is 203 cm³/mol. The summed E-state index contributed by atoms with van der Waals surface area (Å²) in [5, 5.41) is 38.6. The largest absolute Gasteiger partial charge is 0.484 e. The number of ether oxygens (including phenoxy) is 7. The maximum absolute atomic E-state index is 9.96. The van der Waals surface area contributed by atoms with Crippen LogP contribution in [0.25, 0.3) is 18.2 Å². The molecule has 0 spiro atoms. The molecule has 2 saturated heterocycles. The molecule has 0 saturated carbocycles. The van der Waals surface area contributed by atoms with Gasteiger partial charge in [0.25, 0.3) is 0 Å². The highest BCUT2D eigenvalue weighted by Gasteiger charge is 2.39. The van der Waals surface area contributed by atoms with Crippen LogP contribution in [0, 0.1) is 34.0 Å². The minimum Gasteiger partial charge on any atom is -0.484 e. The first-order valence-corrected chi connectivity index (χ1v) is 19.3. The number of aliphatic hydroxyl groups excluding tert-OH is 1. The molecule has 4 aliphatic heterocycles. The van der Waals surface area contributed by atoms with E-state index in [2.05, 4.69) is 35.2 Å². The van der Waals surface area contributed by atoms with Gasteiger partial charge in [0.2, 0.25) is 0 Å². The fourth-order valence-corrected chi connectivity index (χ4v) is 7.61. The number of nitrogens with zero attached hydrogens (tertiary/aromatic N) is 4. The number of aliphatic hydroxyl groups is 1. The van der Waals surface area contributed by atoms with Crippen molar-refractivity contribution >= 4 is 35.3 Å². The third-order valence-corrected chi connectivity index (χ3v) is 10.6. The molecule has 1 N–H and O–H groups in total. The highest BCUT2D eigenvalue weighted by molar-refractivity contribution is 7.14. The monoisotopic (exact) mass is 754 g/mol. The fraction of sp³-hybridized carbons (Fsp3) is 0.488. The van der Waals surface area contributed by atoms with Gasteiger partial charge >= 0.3 is 0 Å². The predicted octanol–water partition coefficient (Wildman–Crippen LogP) is 6.89. The molecule has 5 heterocycles. The van der Waals surface area contributed by atoms with Gasteiger partial charge in [-0.1, -0.05) is 24.3 Å². The summed E-state index contributed by atoms with van der Waals surface area (Å²) in [6.07, 6.45) is 13.0. The average Bonchev–Trinajstić information content (AvgIpc) is 3.68. The number of anilines is 1. The van der Waals surface area contributed by atoms with Crippen molar-refractivity contribution in [1.29, 1.82) is 15.8 Å². The lowest BCUT2D eigenvalue weighted by atomic mass is 9.94. The summed E-state index contributed by atoms with van der Waals surface area (Å²) in [4.78, 5) is 3.80. The number of benzene rings is 1. The van der Waals surface area contributed by atoms with Crippen LogP contribution in [0.4, 0.5) is 5.69 Å². The molecule has 2 fully saturated rings. The van der Waals surface area contributed by atoms with E-state index in [4.69, 9.17) is 33.2 Å².